The molecular weight excluding hydrogens is 324 g/mol. The minimum absolute atomic E-state index is 0.110. The summed E-state index contributed by atoms with van der Waals surface area (Å²) >= 11 is 0. The maximum atomic E-state index is 13.5. The summed E-state index contributed by atoms with van der Waals surface area (Å²) in [7, 11) is -2.93. The van der Waals surface area contributed by atoms with Gasteiger partial charge in [0.2, 0.25) is 5.91 Å². The lowest BCUT2D eigenvalue weighted by Gasteiger charge is -2.22. The molecule has 1 saturated carbocycles. The molecule has 0 aromatic heterocycles. The Labute approximate surface area is 134 Å². The van der Waals surface area contributed by atoms with E-state index in [0.29, 0.717) is 12.8 Å². The molecule has 2 fully saturated rings. The van der Waals surface area contributed by atoms with Crippen molar-refractivity contribution in [2.24, 2.45) is 11.3 Å². The average molecular weight is 343 g/mol. The van der Waals surface area contributed by atoms with E-state index in [1.54, 1.807) is 0 Å². The maximum Gasteiger partial charge on any atom is 0.223 e. The summed E-state index contributed by atoms with van der Waals surface area (Å²) in [6.45, 7) is 0.240. The first-order chi connectivity index (χ1) is 10.8. The molecule has 1 aliphatic heterocycles. The van der Waals surface area contributed by atoms with E-state index in [-0.39, 0.29) is 47.3 Å². The van der Waals surface area contributed by atoms with Crippen molar-refractivity contribution in [3.8, 4) is 0 Å². The number of carbonyl (C=O) groups excluding carboxylic acids is 1. The smallest absolute Gasteiger partial charge is 0.223 e. The molecule has 1 amide bonds. The van der Waals surface area contributed by atoms with E-state index in [0.717, 1.165) is 12.5 Å². The molecule has 1 aliphatic carbocycles. The quantitative estimate of drug-likeness (QED) is 0.907. The monoisotopic (exact) mass is 343 g/mol. The fraction of sp³-hybridized carbons (Fsp3) is 0.562. The lowest BCUT2D eigenvalue weighted by molar-refractivity contribution is -0.123. The molecule has 23 heavy (non-hydrogen) atoms. The standard InChI is InChI=1S/C16H19F2NO3S/c17-13-3-1-2-11(14(13)18)4-7-19-15(20)12-10-16(12)5-8-23(21,22)9-6-16/h1-3,12H,4-10H2,(H,19,20). The van der Waals surface area contributed by atoms with Gasteiger partial charge in [-0.3, -0.25) is 4.79 Å². The molecule has 1 atom stereocenters. The van der Waals surface area contributed by atoms with Gasteiger partial charge < -0.3 is 5.32 Å². The van der Waals surface area contributed by atoms with E-state index in [1.807, 2.05) is 0 Å². The molecule has 4 nitrogen and oxygen atoms in total. The second-order valence-corrected chi connectivity index (χ2v) is 8.83. The lowest BCUT2D eigenvalue weighted by atomic mass is 9.96. The van der Waals surface area contributed by atoms with E-state index in [4.69, 9.17) is 0 Å². The minimum atomic E-state index is -2.93. The number of amides is 1. The maximum absolute atomic E-state index is 13.5. The van der Waals surface area contributed by atoms with Gasteiger partial charge in [0.1, 0.15) is 9.84 Å². The first-order valence-electron chi connectivity index (χ1n) is 7.74. The van der Waals surface area contributed by atoms with Crippen LogP contribution in [0.25, 0.3) is 0 Å². The van der Waals surface area contributed by atoms with Crippen LogP contribution in [0.15, 0.2) is 18.2 Å². The highest BCUT2D eigenvalue weighted by Crippen LogP contribution is 2.59. The van der Waals surface area contributed by atoms with Crippen LogP contribution in [0, 0.1) is 23.0 Å². The summed E-state index contributed by atoms with van der Waals surface area (Å²) in [5.74, 6) is -1.70. The summed E-state index contributed by atoms with van der Waals surface area (Å²) in [5.41, 5.74) is 0.0824. The first kappa shape index (κ1) is 16.4. The molecule has 1 unspecified atom stereocenters. The number of benzene rings is 1. The van der Waals surface area contributed by atoms with Crippen molar-refractivity contribution >= 4 is 15.7 Å². The van der Waals surface area contributed by atoms with E-state index in [1.165, 1.54) is 12.1 Å². The first-order valence-corrected chi connectivity index (χ1v) is 9.56. The Morgan fingerprint density at radius 1 is 1.26 bits per heavy atom. The van der Waals surface area contributed by atoms with Crippen molar-refractivity contribution in [1.29, 1.82) is 0 Å². The highest BCUT2D eigenvalue weighted by atomic mass is 32.2. The van der Waals surface area contributed by atoms with Crippen LogP contribution in [0.1, 0.15) is 24.8 Å². The average Bonchev–Trinajstić information content (AvgIpc) is 3.22. The molecule has 3 rings (SSSR count). The molecule has 1 spiro atoms. The molecule has 1 heterocycles. The lowest BCUT2D eigenvalue weighted by Crippen LogP contribution is -2.32. The van der Waals surface area contributed by atoms with Gasteiger partial charge in [-0.15, -0.1) is 0 Å². The number of nitrogens with one attached hydrogen (secondary N) is 1. The van der Waals surface area contributed by atoms with Gasteiger partial charge in [-0.1, -0.05) is 12.1 Å². The summed E-state index contributed by atoms with van der Waals surface area (Å²) in [6, 6.07) is 3.99. The Morgan fingerprint density at radius 3 is 2.65 bits per heavy atom. The Morgan fingerprint density at radius 2 is 1.96 bits per heavy atom. The second-order valence-electron chi connectivity index (χ2n) is 6.52. The highest BCUT2D eigenvalue weighted by molar-refractivity contribution is 7.91. The predicted molar refractivity (Wildman–Crippen MR) is 81.5 cm³/mol. The van der Waals surface area contributed by atoms with Crippen LogP contribution in [0.5, 0.6) is 0 Å². The Kier molecular flexibility index (Phi) is 4.16. The summed E-state index contributed by atoms with van der Waals surface area (Å²) in [4.78, 5) is 12.2. The Bertz CT molecular complexity index is 719. The van der Waals surface area contributed by atoms with Crippen LogP contribution in [-0.4, -0.2) is 32.4 Å². The highest BCUT2D eigenvalue weighted by Gasteiger charge is 2.59. The third-order valence-electron chi connectivity index (χ3n) is 5.05. The topological polar surface area (TPSA) is 63.2 Å². The number of hydrogen-bond acceptors (Lipinski definition) is 3. The summed E-state index contributed by atoms with van der Waals surface area (Å²) < 4.78 is 49.5. The minimum Gasteiger partial charge on any atom is -0.356 e. The predicted octanol–water partition coefficient (Wildman–Crippen LogP) is 1.84. The van der Waals surface area contributed by atoms with Gasteiger partial charge in [0.05, 0.1) is 11.5 Å². The summed E-state index contributed by atoms with van der Waals surface area (Å²) in [6.07, 6.45) is 2.05. The normalized spacial score (nSPS) is 24.3. The zero-order valence-corrected chi connectivity index (χ0v) is 13.5. The number of halogens is 2. The molecule has 0 radical (unpaired) electrons. The van der Waals surface area contributed by atoms with Crippen LogP contribution >= 0.6 is 0 Å². The number of carbonyl (C=O) groups is 1. The Hall–Kier alpha value is -1.50. The molecule has 1 aromatic rings. The van der Waals surface area contributed by atoms with Crippen molar-refractivity contribution < 1.29 is 22.0 Å². The van der Waals surface area contributed by atoms with Crippen molar-refractivity contribution in [2.75, 3.05) is 18.1 Å². The molecule has 126 valence electrons. The third kappa shape index (κ3) is 3.39. The van der Waals surface area contributed by atoms with Crippen LogP contribution < -0.4 is 5.32 Å². The van der Waals surface area contributed by atoms with Crippen LogP contribution in [0.2, 0.25) is 0 Å². The van der Waals surface area contributed by atoms with E-state index in [2.05, 4.69) is 5.32 Å². The summed E-state index contributed by atoms with van der Waals surface area (Å²) in [5, 5.41) is 2.75. The van der Waals surface area contributed by atoms with E-state index >= 15 is 0 Å². The SMILES string of the molecule is O=C(NCCc1cccc(F)c1F)C1CC12CCS(=O)(=O)CC2. The van der Waals surface area contributed by atoms with Crippen molar-refractivity contribution in [3.05, 3.63) is 35.4 Å². The van der Waals surface area contributed by atoms with Gasteiger partial charge in [-0.05, 0) is 42.7 Å². The molecule has 2 aliphatic rings. The van der Waals surface area contributed by atoms with Crippen LogP contribution in [-0.2, 0) is 21.1 Å². The zero-order valence-electron chi connectivity index (χ0n) is 12.6. The number of hydrogen-bond donors (Lipinski definition) is 1. The molecule has 1 saturated heterocycles. The molecule has 1 aromatic carbocycles. The van der Waals surface area contributed by atoms with Crippen LogP contribution in [0.3, 0.4) is 0 Å². The van der Waals surface area contributed by atoms with Gasteiger partial charge in [0.25, 0.3) is 0 Å². The largest absolute Gasteiger partial charge is 0.356 e. The van der Waals surface area contributed by atoms with E-state index in [9.17, 15) is 22.0 Å². The molecule has 1 N–H and O–H groups in total. The number of sulfone groups is 1. The third-order valence-corrected chi connectivity index (χ3v) is 6.71. The molecule has 0 bridgehead atoms. The van der Waals surface area contributed by atoms with Gasteiger partial charge in [0.15, 0.2) is 11.6 Å². The van der Waals surface area contributed by atoms with Crippen molar-refractivity contribution in [2.45, 2.75) is 25.7 Å². The molecular formula is C16H19F2NO3S. The number of rotatable bonds is 4. The van der Waals surface area contributed by atoms with Crippen LogP contribution in [0.4, 0.5) is 8.78 Å². The zero-order chi connectivity index (χ0) is 16.7. The fourth-order valence-electron chi connectivity index (χ4n) is 3.40. The second kappa shape index (κ2) is 5.85. The van der Waals surface area contributed by atoms with Gasteiger partial charge in [-0.25, -0.2) is 17.2 Å². The Balaban J connectivity index is 1.49. The van der Waals surface area contributed by atoms with Gasteiger partial charge in [0, 0.05) is 12.5 Å². The van der Waals surface area contributed by atoms with Crippen molar-refractivity contribution in [3.63, 3.8) is 0 Å². The van der Waals surface area contributed by atoms with Crippen molar-refractivity contribution in [1.82, 2.24) is 5.32 Å². The van der Waals surface area contributed by atoms with E-state index < -0.39 is 21.5 Å². The van der Waals surface area contributed by atoms with Gasteiger partial charge in [-0.2, -0.15) is 0 Å². The fourth-order valence-corrected chi connectivity index (χ4v) is 5.04. The van der Waals surface area contributed by atoms with Gasteiger partial charge >= 0.3 is 0 Å². The molecule has 7 heteroatoms.